The zero-order valence-corrected chi connectivity index (χ0v) is 17.4. The zero-order chi connectivity index (χ0) is 21.7. The lowest BCUT2D eigenvalue weighted by atomic mass is 9.94. The monoisotopic (exact) mass is 432 g/mol. The summed E-state index contributed by atoms with van der Waals surface area (Å²) in [6.45, 7) is 3.89. The minimum Gasteiger partial charge on any atom is -0.487 e. The number of rotatable bonds is 7. The van der Waals surface area contributed by atoms with Gasteiger partial charge in [0.25, 0.3) is 0 Å². The van der Waals surface area contributed by atoms with Gasteiger partial charge in [-0.25, -0.2) is 14.0 Å². The van der Waals surface area contributed by atoms with Crippen LogP contribution >= 0.6 is 11.6 Å². The molecular weight excluding hydrogens is 411 g/mol. The molecule has 0 bridgehead atoms. The number of ether oxygens (including phenoxy) is 2. The quantitative estimate of drug-likeness (QED) is 0.656. The Morgan fingerprint density at radius 1 is 1.17 bits per heavy atom. The predicted molar refractivity (Wildman–Crippen MR) is 111 cm³/mol. The topological polar surface area (TPSA) is 67.9 Å². The fourth-order valence-electron chi connectivity index (χ4n) is 3.27. The average molecular weight is 433 g/mol. The van der Waals surface area contributed by atoms with Crippen molar-refractivity contribution in [2.24, 2.45) is 0 Å². The fraction of sp³-hybridized carbons (Fsp3) is 0.273. The van der Waals surface area contributed by atoms with Crippen LogP contribution in [0.3, 0.4) is 0 Å². The van der Waals surface area contributed by atoms with E-state index in [1.165, 1.54) is 29.2 Å². The fourth-order valence-corrected chi connectivity index (χ4v) is 3.51. The first-order chi connectivity index (χ1) is 14.5. The van der Waals surface area contributed by atoms with Crippen molar-refractivity contribution in [3.63, 3.8) is 0 Å². The van der Waals surface area contributed by atoms with E-state index in [4.69, 9.17) is 21.1 Å². The van der Waals surface area contributed by atoms with Gasteiger partial charge in [0.15, 0.2) is 0 Å². The van der Waals surface area contributed by atoms with E-state index in [0.717, 1.165) is 0 Å². The standard InChI is InChI=1S/C22H22ClFN2O4/c1-3-26-18(13-30-15-11-9-14(24)10-12-15)19(21(27)29-4-2)20(25-22(26)28)16-7-5-6-8-17(16)23/h5-12,20H,3-4,13H2,1-2H3,(H,25,28)/t20-/m0/s1. The van der Waals surface area contributed by atoms with Crippen LogP contribution in [0.25, 0.3) is 0 Å². The normalized spacial score (nSPS) is 16.3. The molecule has 0 fully saturated rings. The van der Waals surface area contributed by atoms with Crippen LogP contribution in [0.15, 0.2) is 59.8 Å². The van der Waals surface area contributed by atoms with E-state index in [-0.39, 0.29) is 30.6 Å². The molecule has 2 amide bonds. The van der Waals surface area contributed by atoms with Gasteiger partial charge in [0.2, 0.25) is 0 Å². The molecule has 0 aliphatic carbocycles. The molecule has 0 aromatic heterocycles. The van der Waals surface area contributed by atoms with Gasteiger partial charge in [0, 0.05) is 11.6 Å². The number of hydrogen-bond acceptors (Lipinski definition) is 4. The lowest BCUT2D eigenvalue weighted by Gasteiger charge is -2.36. The Kier molecular flexibility index (Phi) is 6.95. The Morgan fingerprint density at radius 3 is 2.50 bits per heavy atom. The number of amides is 2. The van der Waals surface area contributed by atoms with Gasteiger partial charge in [0.05, 0.1) is 23.9 Å². The summed E-state index contributed by atoms with van der Waals surface area (Å²) in [4.78, 5) is 27.1. The lowest BCUT2D eigenvalue weighted by Crippen LogP contribution is -2.49. The molecule has 0 radical (unpaired) electrons. The van der Waals surface area contributed by atoms with Crippen LogP contribution in [0, 0.1) is 5.82 Å². The third-order valence-corrected chi connectivity index (χ3v) is 5.00. The van der Waals surface area contributed by atoms with Crippen LogP contribution in [0.4, 0.5) is 9.18 Å². The Hall–Kier alpha value is -3.06. The number of nitrogens with zero attached hydrogens (tertiary/aromatic N) is 1. The summed E-state index contributed by atoms with van der Waals surface area (Å²) >= 11 is 6.35. The number of carbonyl (C=O) groups is 2. The zero-order valence-electron chi connectivity index (χ0n) is 16.7. The molecule has 0 saturated carbocycles. The Balaban J connectivity index is 2.07. The molecule has 8 heteroatoms. The summed E-state index contributed by atoms with van der Waals surface area (Å²) in [5.74, 6) is -0.554. The molecule has 0 saturated heterocycles. The smallest absolute Gasteiger partial charge is 0.338 e. The molecule has 1 atom stereocenters. The number of benzene rings is 2. The maximum absolute atomic E-state index is 13.2. The lowest BCUT2D eigenvalue weighted by molar-refractivity contribution is -0.139. The number of halogens is 2. The maximum Gasteiger partial charge on any atom is 0.338 e. The highest BCUT2D eigenvalue weighted by Gasteiger charge is 2.38. The average Bonchev–Trinajstić information content (AvgIpc) is 2.73. The number of likely N-dealkylation sites (N-methyl/N-ethyl adjacent to an activating group) is 1. The van der Waals surface area contributed by atoms with E-state index in [9.17, 15) is 14.0 Å². The van der Waals surface area contributed by atoms with Gasteiger partial charge in [-0.15, -0.1) is 0 Å². The van der Waals surface area contributed by atoms with E-state index >= 15 is 0 Å². The second kappa shape index (κ2) is 9.63. The van der Waals surface area contributed by atoms with Crippen molar-refractivity contribution in [3.8, 4) is 5.75 Å². The first-order valence-corrected chi connectivity index (χ1v) is 9.95. The van der Waals surface area contributed by atoms with Gasteiger partial charge in [-0.3, -0.25) is 4.90 Å². The van der Waals surface area contributed by atoms with Crippen molar-refractivity contribution in [1.29, 1.82) is 0 Å². The van der Waals surface area contributed by atoms with Crippen molar-refractivity contribution in [2.45, 2.75) is 19.9 Å². The highest BCUT2D eigenvalue weighted by atomic mass is 35.5. The largest absolute Gasteiger partial charge is 0.487 e. The van der Waals surface area contributed by atoms with E-state index in [1.54, 1.807) is 38.1 Å². The van der Waals surface area contributed by atoms with Crippen molar-refractivity contribution >= 4 is 23.6 Å². The Labute approximate surface area is 179 Å². The highest BCUT2D eigenvalue weighted by molar-refractivity contribution is 6.31. The highest BCUT2D eigenvalue weighted by Crippen LogP contribution is 2.35. The van der Waals surface area contributed by atoms with Crippen LogP contribution in [0.2, 0.25) is 5.02 Å². The van der Waals surface area contributed by atoms with Crippen molar-refractivity contribution in [3.05, 3.63) is 76.2 Å². The molecule has 1 aliphatic heterocycles. The van der Waals surface area contributed by atoms with Gasteiger partial charge in [0.1, 0.15) is 18.2 Å². The summed E-state index contributed by atoms with van der Waals surface area (Å²) < 4.78 is 24.2. The molecule has 30 heavy (non-hydrogen) atoms. The molecule has 0 spiro atoms. The summed E-state index contributed by atoms with van der Waals surface area (Å²) in [6.07, 6.45) is 0. The maximum atomic E-state index is 13.2. The molecule has 0 unspecified atom stereocenters. The second-order valence-electron chi connectivity index (χ2n) is 6.47. The third kappa shape index (κ3) is 4.57. The summed E-state index contributed by atoms with van der Waals surface area (Å²) in [7, 11) is 0. The molecule has 158 valence electrons. The van der Waals surface area contributed by atoms with Crippen LogP contribution < -0.4 is 10.1 Å². The molecule has 2 aromatic carbocycles. The Bertz CT molecular complexity index is 962. The third-order valence-electron chi connectivity index (χ3n) is 4.66. The van der Waals surface area contributed by atoms with Crippen LogP contribution in [-0.4, -0.2) is 36.7 Å². The number of esters is 1. The van der Waals surface area contributed by atoms with Crippen molar-refractivity contribution in [2.75, 3.05) is 19.8 Å². The van der Waals surface area contributed by atoms with Gasteiger partial charge in [-0.2, -0.15) is 0 Å². The predicted octanol–water partition coefficient (Wildman–Crippen LogP) is 4.46. The first-order valence-electron chi connectivity index (χ1n) is 9.57. The van der Waals surface area contributed by atoms with Crippen LogP contribution in [0.5, 0.6) is 5.75 Å². The van der Waals surface area contributed by atoms with E-state index in [0.29, 0.717) is 28.6 Å². The Morgan fingerprint density at radius 2 is 1.87 bits per heavy atom. The van der Waals surface area contributed by atoms with E-state index in [1.807, 2.05) is 0 Å². The molecule has 6 nitrogen and oxygen atoms in total. The summed E-state index contributed by atoms with van der Waals surface area (Å²) in [6, 6.07) is 11.3. The first kappa shape index (κ1) is 21.6. The van der Waals surface area contributed by atoms with Crippen molar-refractivity contribution < 1.29 is 23.5 Å². The summed E-state index contributed by atoms with van der Waals surface area (Å²) in [5, 5.41) is 3.25. The van der Waals surface area contributed by atoms with Gasteiger partial charge in [-0.1, -0.05) is 29.8 Å². The molecule has 1 aliphatic rings. The molecule has 1 heterocycles. The van der Waals surface area contributed by atoms with Gasteiger partial charge >= 0.3 is 12.0 Å². The molecule has 3 rings (SSSR count). The van der Waals surface area contributed by atoms with Gasteiger partial charge in [-0.05, 0) is 49.7 Å². The second-order valence-corrected chi connectivity index (χ2v) is 6.88. The molecular formula is C22H22ClFN2O4. The number of hydrogen-bond donors (Lipinski definition) is 1. The number of carbonyl (C=O) groups excluding carboxylic acids is 2. The van der Waals surface area contributed by atoms with Crippen molar-refractivity contribution in [1.82, 2.24) is 10.2 Å². The number of urea groups is 1. The van der Waals surface area contributed by atoms with Crippen LogP contribution in [0.1, 0.15) is 25.5 Å². The SMILES string of the molecule is CCOC(=O)C1=C(COc2ccc(F)cc2)N(CC)C(=O)N[C@H]1c1ccccc1Cl. The van der Waals surface area contributed by atoms with E-state index in [2.05, 4.69) is 5.32 Å². The molecule has 2 aromatic rings. The van der Waals surface area contributed by atoms with Crippen LogP contribution in [-0.2, 0) is 9.53 Å². The number of nitrogens with one attached hydrogen (secondary N) is 1. The minimum absolute atomic E-state index is 0.0814. The van der Waals surface area contributed by atoms with E-state index < -0.39 is 12.0 Å². The van der Waals surface area contributed by atoms with Gasteiger partial charge < -0.3 is 14.8 Å². The minimum atomic E-state index is -0.792. The molecule has 1 N–H and O–H groups in total. The summed E-state index contributed by atoms with van der Waals surface area (Å²) in [5.41, 5.74) is 1.19.